The van der Waals surface area contributed by atoms with Gasteiger partial charge < -0.3 is 25.0 Å². The summed E-state index contributed by atoms with van der Waals surface area (Å²) in [5.74, 6) is -0.699. The first-order valence-electron chi connectivity index (χ1n) is 14.2. The summed E-state index contributed by atoms with van der Waals surface area (Å²) in [6.45, 7) is 8.60. The molecular weight excluding hydrogens is 536 g/mol. The number of pyridine rings is 1. The predicted molar refractivity (Wildman–Crippen MR) is 161 cm³/mol. The van der Waals surface area contributed by atoms with Crippen LogP contribution in [0.25, 0.3) is 10.8 Å². The van der Waals surface area contributed by atoms with Crippen LogP contribution in [-0.2, 0) is 32.2 Å². The summed E-state index contributed by atoms with van der Waals surface area (Å²) in [6, 6.07) is 15.9. The number of carbonyl (C=O) groups excluding carboxylic acids is 3. The third-order valence-corrected chi connectivity index (χ3v) is 6.67. The van der Waals surface area contributed by atoms with Crippen molar-refractivity contribution in [1.82, 2.24) is 31.0 Å². The van der Waals surface area contributed by atoms with E-state index in [9.17, 15) is 14.4 Å². The molecule has 0 aliphatic rings. The van der Waals surface area contributed by atoms with Crippen LogP contribution in [0, 0.1) is 0 Å². The molecule has 0 aliphatic carbocycles. The molecule has 0 fully saturated rings. The van der Waals surface area contributed by atoms with E-state index in [-0.39, 0.29) is 12.5 Å². The van der Waals surface area contributed by atoms with Crippen LogP contribution in [0.5, 0.6) is 0 Å². The quantitative estimate of drug-likeness (QED) is 0.187. The van der Waals surface area contributed by atoms with Crippen LogP contribution in [0.4, 0.5) is 4.79 Å². The van der Waals surface area contributed by atoms with Gasteiger partial charge in [0.05, 0.1) is 12.6 Å². The van der Waals surface area contributed by atoms with Gasteiger partial charge in [0.1, 0.15) is 6.04 Å². The second-order valence-electron chi connectivity index (χ2n) is 9.92. The highest BCUT2D eigenvalue weighted by Gasteiger charge is 2.32. The van der Waals surface area contributed by atoms with Crippen molar-refractivity contribution in [1.29, 1.82) is 0 Å². The van der Waals surface area contributed by atoms with Crippen molar-refractivity contribution in [3.8, 4) is 0 Å². The number of hydrogen-bond acceptors (Lipinski definition) is 7. The van der Waals surface area contributed by atoms with Crippen molar-refractivity contribution < 1.29 is 23.9 Å². The average Bonchev–Trinajstić information content (AvgIpc) is 2.98. The Morgan fingerprint density at radius 2 is 1.60 bits per heavy atom. The van der Waals surface area contributed by atoms with E-state index in [0.29, 0.717) is 26.3 Å². The minimum Gasteiger partial charge on any atom is -0.351 e. The Labute approximate surface area is 247 Å². The number of amides is 4. The lowest BCUT2D eigenvalue weighted by Gasteiger charge is -2.36. The summed E-state index contributed by atoms with van der Waals surface area (Å²) < 4.78 is 11.7. The van der Waals surface area contributed by atoms with Crippen molar-refractivity contribution in [3.63, 3.8) is 0 Å². The van der Waals surface area contributed by atoms with Gasteiger partial charge in [-0.1, -0.05) is 42.5 Å². The summed E-state index contributed by atoms with van der Waals surface area (Å²) in [5.41, 5.74) is 4.46. The lowest BCUT2D eigenvalue weighted by Crippen LogP contribution is -2.55. The molecule has 1 aromatic heterocycles. The number of nitrogens with zero attached hydrogens (tertiary/aromatic N) is 3. The topological polar surface area (TPSA) is 125 Å². The third kappa shape index (κ3) is 9.51. The Balaban J connectivity index is 1.66. The molecule has 3 rings (SSSR count). The summed E-state index contributed by atoms with van der Waals surface area (Å²) in [6.07, 6.45) is 2.65. The van der Waals surface area contributed by atoms with Crippen LogP contribution in [0.15, 0.2) is 67.0 Å². The fraction of sp³-hybridized carbons (Fsp3) is 0.419. The van der Waals surface area contributed by atoms with Gasteiger partial charge in [0, 0.05) is 45.7 Å². The molecule has 0 saturated carbocycles. The number of aromatic nitrogens is 1. The van der Waals surface area contributed by atoms with E-state index in [1.165, 1.54) is 5.01 Å². The first-order chi connectivity index (χ1) is 20.2. The lowest BCUT2D eigenvalue weighted by atomic mass is 10.0. The van der Waals surface area contributed by atoms with Crippen LogP contribution in [-0.4, -0.2) is 77.9 Å². The summed E-state index contributed by atoms with van der Waals surface area (Å²) in [4.78, 5) is 44.6. The van der Waals surface area contributed by atoms with Crippen LogP contribution in [0.1, 0.15) is 38.8 Å². The fourth-order valence-electron chi connectivity index (χ4n) is 4.59. The highest BCUT2D eigenvalue weighted by Crippen LogP contribution is 2.23. The molecule has 42 heavy (non-hydrogen) atoms. The number of nitrogens with one attached hydrogen (secondary N) is 3. The average molecular weight is 579 g/mol. The first kappa shape index (κ1) is 32.5. The minimum absolute atomic E-state index is 0.153. The van der Waals surface area contributed by atoms with Gasteiger partial charge in [0.25, 0.3) is 0 Å². The molecule has 0 radical (unpaired) electrons. The Hall–Kier alpha value is -4.06. The number of benzene rings is 2. The minimum atomic E-state index is -0.840. The molecule has 0 aliphatic heterocycles. The molecule has 226 valence electrons. The van der Waals surface area contributed by atoms with Gasteiger partial charge >= 0.3 is 6.03 Å². The number of fused-ring (bicyclic) bond motifs is 1. The zero-order valence-electron chi connectivity index (χ0n) is 25.0. The van der Waals surface area contributed by atoms with Gasteiger partial charge in [-0.3, -0.25) is 20.0 Å². The maximum Gasteiger partial charge on any atom is 0.329 e. The first-order valence-corrected chi connectivity index (χ1v) is 14.2. The number of rotatable bonds is 15. The highest BCUT2D eigenvalue weighted by molar-refractivity contribution is 5.89. The molecule has 4 amide bonds. The molecule has 2 aromatic carbocycles. The van der Waals surface area contributed by atoms with Crippen LogP contribution in [0.3, 0.4) is 0 Å². The molecular formula is C31H42N6O5. The monoisotopic (exact) mass is 578 g/mol. The number of hydrogen-bond donors (Lipinski definition) is 3. The maximum absolute atomic E-state index is 13.9. The molecule has 3 aromatic rings. The van der Waals surface area contributed by atoms with E-state index in [1.54, 1.807) is 43.4 Å². The van der Waals surface area contributed by atoms with Gasteiger partial charge in [-0.05, 0) is 61.7 Å². The molecule has 2 unspecified atom stereocenters. The molecule has 0 bridgehead atoms. The predicted octanol–water partition coefficient (Wildman–Crippen LogP) is 3.20. The van der Waals surface area contributed by atoms with E-state index < -0.39 is 30.3 Å². The van der Waals surface area contributed by atoms with Crippen molar-refractivity contribution in [2.45, 2.75) is 59.2 Å². The van der Waals surface area contributed by atoms with E-state index in [0.717, 1.165) is 21.9 Å². The largest absolute Gasteiger partial charge is 0.351 e. The molecule has 11 nitrogen and oxygen atoms in total. The zero-order valence-corrected chi connectivity index (χ0v) is 25.0. The van der Waals surface area contributed by atoms with Gasteiger partial charge in [0.15, 0.2) is 6.29 Å². The highest BCUT2D eigenvalue weighted by atomic mass is 16.7. The molecule has 3 N–H and O–H groups in total. The van der Waals surface area contributed by atoms with E-state index >= 15 is 0 Å². The molecule has 0 saturated heterocycles. The summed E-state index contributed by atoms with van der Waals surface area (Å²) in [5, 5.41) is 8.96. The Kier molecular flexibility index (Phi) is 12.7. The van der Waals surface area contributed by atoms with Crippen molar-refractivity contribution in [2.75, 3.05) is 26.8 Å². The van der Waals surface area contributed by atoms with Crippen molar-refractivity contribution in [2.24, 2.45) is 0 Å². The maximum atomic E-state index is 13.9. The number of urea groups is 1. The van der Waals surface area contributed by atoms with Gasteiger partial charge in [-0.2, -0.15) is 0 Å². The SMILES string of the molecule is CCOC(OCC)C(C)N(Cc1cccc2ccccc12)C(=O)C(C)NC(=O)CN(C)NC(=O)NCc1ccncc1. The van der Waals surface area contributed by atoms with Crippen LogP contribution >= 0.6 is 0 Å². The zero-order chi connectivity index (χ0) is 30.5. The Morgan fingerprint density at radius 1 is 0.929 bits per heavy atom. The summed E-state index contributed by atoms with van der Waals surface area (Å²) in [7, 11) is 1.57. The van der Waals surface area contributed by atoms with E-state index in [4.69, 9.17) is 9.47 Å². The Morgan fingerprint density at radius 3 is 2.29 bits per heavy atom. The second kappa shape index (κ2) is 16.4. The van der Waals surface area contributed by atoms with Crippen LogP contribution < -0.4 is 16.1 Å². The normalized spacial score (nSPS) is 12.6. The van der Waals surface area contributed by atoms with E-state index in [2.05, 4.69) is 21.0 Å². The number of carbonyl (C=O) groups is 3. The third-order valence-electron chi connectivity index (χ3n) is 6.67. The Bertz CT molecular complexity index is 1300. The number of hydrazine groups is 1. The molecule has 2 atom stereocenters. The molecule has 0 spiro atoms. The van der Waals surface area contributed by atoms with Gasteiger partial charge in [0.2, 0.25) is 11.8 Å². The smallest absolute Gasteiger partial charge is 0.329 e. The van der Waals surface area contributed by atoms with Crippen LogP contribution in [0.2, 0.25) is 0 Å². The number of likely N-dealkylation sites (N-methyl/N-ethyl adjacent to an activating group) is 1. The molecule has 1 heterocycles. The fourth-order valence-corrected chi connectivity index (χ4v) is 4.59. The molecule has 11 heteroatoms. The number of ether oxygens (including phenoxy) is 2. The lowest BCUT2D eigenvalue weighted by molar-refractivity contribution is -0.179. The summed E-state index contributed by atoms with van der Waals surface area (Å²) >= 11 is 0. The second-order valence-corrected chi connectivity index (χ2v) is 9.92. The van der Waals surface area contributed by atoms with Crippen molar-refractivity contribution in [3.05, 3.63) is 78.1 Å². The van der Waals surface area contributed by atoms with Gasteiger partial charge in [-0.15, -0.1) is 0 Å². The van der Waals surface area contributed by atoms with Gasteiger partial charge in [-0.25, -0.2) is 9.80 Å². The standard InChI is InChI=1S/C31H42N6O5/c1-6-41-30(42-7-2)23(4)37(20-26-13-10-12-25-11-8-9-14-27(25)26)29(39)22(3)34-28(38)21-36(5)35-31(40)33-19-24-15-17-32-18-16-24/h8-18,22-23,30H,6-7,19-21H2,1-5H3,(H,34,38)(H2,33,35,40). The van der Waals surface area contributed by atoms with Crippen molar-refractivity contribution >= 4 is 28.6 Å². The van der Waals surface area contributed by atoms with E-state index in [1.807, 2.05) is 63.2 Å².